The molecule has 2 aromatic rings. The molecule has 0 heterocycles. The summed E-state index contributed by atoms with van der Waals surface area (Å²) in [6.07, 6.45) is 0.876. The number of benzene rings is 2. The highest BCUT2D eigenvalue weighted by atomic mass is 35.5. The van der Waals surface area contributed by atoms with Crippen molar-refractivity contribution < 1.29 is 19.7 Å². The Labute approximate surface area is 176 Å². The number of carbonyl (C=O) groups excluding carboxylic acids is 1. The number of nitrogens with zero attached hydrogens (tertiary/aromatic N) is 1. The monoisotopic (exact) mass is 417 g/mol. The van der Waals surface area contributed by atoms with Gasteiger partial charge in [0.15, 0.2) is 0 Å². The van der Waals surface area contributed by atoms with Crippen molar-refractivity contribution in [3.63, 3.8) is 0 Å². The summed E-state index contributed by atoms with van der Waals surface area (Å²) in [6.45, 7) is 5.60. The smallest absolute Gasteiger partial charge is 0.410 e. The van der Waals surface area contributed by atoms with Crippen molar-refractivity contribution >= 4 is 17.7 Å². The SMILES string of the molecule is CC(C)(C)OC(=O)N(C[C@@H](O)c1ccc(Cl)cc1)[C@H]1CCc2ccc(O)cc2C1. The van der Waals surface area contributed by atoms with Crippen LogP contribution in [-0.4, -0.2) is 39.4 Å². The number of rotatable bonds is 4. The quantitative estimate of drug-likeness (QED) is 0.744. The summed E-state index contributed by atoms with van der Waals surface area (Å²) in [5.74, 6) is 0.217. The summed E-state index contributed by atoms with van der Waals surface area (Å²) in [5.41, 5.74) is 2.26. The Bertz CT molecular complexity index is 860. The molecular formula is C23H28ClNO4. The number of hydrogen-bond acceptors (Lipinski definition) is 4. The van der Waals surface area contributed by atoms with E-state index in [-0.39, 0.29) is 18.3 Å². The maximum atomic E-state index is 13.0. The fraction of sp³-hybridized carbons (Fsp3) is 0.435. The molecule has 0 bridgehead atoms. The van der Waals surface area contributed by atoms with Crippen molar-refractivity contribution in [1.29, 1.82) is 0 Å². The van der Waals surface area contributed by atoms with Crippen LogP contribution in [0.2, 0.25) is 5.02 Å². The molecule has 1 amide bonds. The highest BCUT2D eigenvalue weighted by Gasteiger charge is 2.32. The Hall–Kier alpha value is -2.24. The van der Waals surface area contributed by atoms with Crippen molar-refractivity contribution in [2.24, 2.45) is 0 Å². The highest BCUT2D eigenvalue weighted by molar-refractivity contribution is 6.30. The molecule has 2 aromatic carbocycles. The fourth-order valence-corrected chi connectivity index (χ4v) is 3.79. The molecular weight excluding hydrogens is 390 g/mol. The molecule has 156 valence electrons. The molecule has 1 aliphatic carbocycles. The Kier molecular flexibility index (Phi) is 6.39. The number of halogens is 1. The standard InChI is InChI=1S/C23H28ClNO4/c1-23(2,3)29-22(28)25(14-21(27)16-4-8-18(24)9-5-16)19-10-6-15-7-11-20(26)13-17(15)12-19/h4-5,7-9,11,13,19,21,26-27H,6,10,12,14H2,1-3H3/t19-,21+/m0/s1. The second kappa shape index (κ2) is 8.64. The van der Waals surface area contributed by atoms with Gasteiger partial charge in [-0.1, -0.05) is 29.8 Å². The number of phenolic OH excluding ortho intramolecular Hbond substituents is 1. The average Bonchev–Trinajstić information content (AvgIpc) is 2.64. The molecule has 0 saturated heterocycles. The van der Waals surface area contributed by atoms with E-state index in [0.717, 1.165) is 18.4 Å². The van der Waals surface area contributed by atoms with E-state index in [1.807, 2.05) is 26.8 Å². The van der Waals surface area contributed by atoms with Gasteiger partial charge in [0.2, 0.25) is 0 Å². The van der Waals surface area contributed by atoms with Crippen molar-refractivity contribution in [3.05, 3.63) is 64.2 Å². The van der Waals surface area contributed by atoms with Crippen LogP contribution in [0, 0.1) is 0 Å². The van der Waals surface area contributed by atoms with Gasteiger partial charge < -0.3 is 19.8 Å². The second-order valence-electron chi connectivity index (χ2n) is 8.55. The molecule has 0 unspecified atom stereocenters. The lowest BCUT2D eigenvalue weighted by Crippen LogP contribution is -2.47. The molecule has 1 aliphatic rings. The lowest BCUT2D eigenvalue weighted by atomic mass is 9.87. The van der Waals surface area contributed by atoms with Crippen LogP contribution in [-0.2, 0) is 17.6 Å². The number of carbonyl (C=O) groups is 1. The molecule has 5 nitrogen and oxygen atoms in total. The van der Waals surface area contributed by atoms with Crippen LogP contribution in [0.4, 0.5) is 4.79 Å². The molecule has 2 atom stereocenters. The van der Waals surface area contributed by atoms with Gasteiger partial charge in [-0.3, -0.25) is 0 Å². The Morgan fingerprint density at radius 1 is 1.21 bits per heavy atom. The van der Waals surface area contributed by atoms with E-state index in [2.05, 4.69) is 0 Å². The topological polar surface area (TPSA) is 70.0 Å². The van der Waals surface area contributed by atoms with E-state index < -0.39 is 17.8 Å². The third kappa shape index (κ3) is 5.64. The van der Waals surface area contributed by atoms with Crippen LogP contribution in [0.15, 0.2) is 42.5 Å². The molecule has 0 radical (unpaired) electrons. The third-order valence-corrected chi connectivity index (χ3v) is 5.34. The summed E-state index contributed by atoms with van der Waals surface area (Å²) >= 11 is 5.94. The van der Waals surface area contributed by atoms with Gasteiger partial charge in [0.05, 0.1) is 12.6 Å². The van der Waals surface area contributed by atoms with Crippen LogP contribution < -0.4 is 0 Å². The molecule has 0 fully saturated rings. The first-order valence-corrected chi connectivity index (χ1v) is 10.2. The number of phenols is 1. The summed E-state index contributed by atoms with van der Waals surface area (Å²) in [4.78, 5) is 14.6. The summed E-state index contributed by atoms with van der Waals surface area (Å²) in [6, 6.07) is 12.2. The van der Waals surface area contributed by atoms with Crippen LogP contribution in [0.5, 0.6) is 5.75 Å². The predicted octanol–water partition coefficient (Wildman–Crippen LogP) is 4.87. The lowest BCUT2D eigenvalue weighted by molar-refractivity contribution is 0.00195. The zero-order chi connectivity index (χ0) is 21.2. The number of aliphatic hydroxyl groups is 1. The van der Waals surface area contributed by atoms with Gasteiger partial charge in [-0.2, -0.15) is 0 Å². The molecule has 6 heteroatoms. The number of ether oxygens (including phenoxy) is 1. The summed E-state index contributed by atoms with van der Waals surface area (Å²) in [5, 5.41) is 21.2. The second-order valence-corrected chi connectivity index (χ2v) is 8.99. The minimum atomic E-state index is -0.856. The van der Waals surface area contributed by atoms with Crippen LogP contribution in [0.1, 0.15) is 50.0 Å². The van der Waals surface area contributed by atoms with Gasteiger partial charge in [0, 0.05) is 11.1 Å². The lowest BCUT2D eigenvalue weighted by Gasteiger charge is -2.37. The fourth-order valence-electron chi connectivity index (χ4n) is 3.66. The molecule has 0 aromatic heterocycles. The maximum absolute atomic E-state index is 13.0. The van der Waals surface area contributed by atoms with Crippen molar-refractivity contribution in [1.82, 2.24) is 4.90 Å². The van der Waals surface area contributed by atoms with E-state index in [4.69, 9.17) is 16.3 Å². The van der Waals surface area contributed by atoms with E-state index in [9.17, 15) is 15.0 Å². The van der Waals surface area contributed by atoms with E-state index in [0.29, 0.717) is 17.0 Å². The minimum Gasteiger partial charge on any atom is -0.508 e. The zero-order valence-electron chi connectivity index (χ0n) is 17.1. The first-order valence-electron chi connectivity index (χ1n) is 9.86. The number of hydrogen-bond donors (Lipinski definition) is 2. The van der Waals surface area contributed by atoms with Gasteiger partial charge in [0.1, 0.15) is 11.4 Å². The summed E-state index contributed by atoms with van der Waals surface area (Å²) in [7, 11) is 0. The molecule has 2 N–H and O–H groups in total. The number of aromatic hydroxyl groups is 1. The Morgan fingerprint density at radius 3 is 2.55 bits per heavy atom. The van der Waals surface area contributed by atoms with Crippen molar-refractivity contribution in [2.45, 2.75) is 57.8 Å². The van der Waals surface area contributed by atoms with Gasteiger partial charge in [0.25, 0.3) is 0 Å². The van der Waals surface area contributed by atoms with Crippen LogP contribution in [0.25, 0.3) is 0 Å². The van der Waals surface area contributed by atoms with E-state index in [1.165, 1.54) is 5.56 Å². The Morgan fingerprint density at radius 2 is 1.90 bits per heavy atom. The minimum absolute atomic E-state index is 0.120. The normalized spacial score (nSPS) is 17.3. The highest BCUT2D eigenvalue weighted by Crippen LogP contribution is 2.30. The molecule has 0 spiro atoms. The van der Waals surface area contributed by atoms with Gasteiger partial charge in [-0.25, -0.2) is 4.79 Å². The van der Waals surface area contributed by atoms with Crippen molar-refractivity contribution in [2.75, 3.05) is 6.54 Å². The largest absolute Gasteiger partial charge is 0.508 e. The zero-order valence-corrected chi connectivity index (χ0v) is 17.8. The van der Waals surface area contributed by atoms with Gasteiger partial charge in [-0.05, 0) is 81.0 Å². The summed E-state index contributed by atoms with van der Waals surface area (Å²) < 4.78 is 5.63. The number of fused-ring (bicyclic) bond motifs is 1. The molecule has 29 heavy (non-hydrogen) atoms. The number of aliphatic hydroxyl groups excluding tert-OH is 1. The maximum Gasteiger partial charge on any atom is 0.410 e. The van der Waals surface area contributed by atoms with Gasteiger partial charge in [-0.15, -0.1) is 0 Å². The van der Waals surface area contributed by atoms with Crippen LogP contribution in [0.3, 0.4) is 0 Å². The average molecular weight is 418 g/mol. The molecule has 0 saturated carbocycles. The molecule has 0 aliphatic heterocycles. The van der Waals surface area contributed by atoms with Gasteiger partial charge >= 0.3 is 6.09 Å². The third-order valence-electron chi connectivity index (χ3n) is 5.09. The first-order chi connectivity index (χ1) is 13.6. The molecule has 3 rings (SSSR count). The number of amides is 1. The van der Waals surface area contributed by atoms with Crippen LogP contribution >= 0.6 is 11.6 Å². The van der Waals surface area contributed by atoms with E-state index in [1.54, 1.807) is 41.3 Å². The Balaban J connectivity index is 1.83. The van der Waals surface area contributed by atoms with Crippen molar-refractivity contribution in [3.8, 4) is 5.75 Å². The first kappa shape index (κ1) is 21.5. The predicted molar refractivity (Wildman–Crippen MR) is 113 cm³/mol. The number of aryl methyl sites for hydroxylation is 1. The van der Waals surface area contributed by atoms with E-state index >= 15 is 0 Å².